The van der Waals surface area contributed by atoms with E-state index in [1.807, 2.05) is 0 Å². The first-order chi connectivity index (χ1) is 38.3. The van der Waals surface area contributed by atoms with Crippen LogP contribution in [0.15, 0.2) is 206 Å². The van der Waals surface area contributed by atoms with E-state index < -0.39 is 157 Å². The number of hydrogen-bond donors (Lipinski definition) is 3. The fourth-order valence-electron chi connectivity index (χ4n) is 8.08. The van der Waals surface area contributed by atoms with Gasteiger partial charge in [0, 0.05) is 27.9 Å². The molecule has 0 atom stereocenters. The van der Waals surface area contributed by atoms with Crippen molar-refractivity contribution in [3.05, 3.63) is 151 Å². The number of para-hydroxylation sites is 1. The topological polar surface area (TPSA) is 456 Å². The summed E-state index contributed by atoms with van der Waals surface area (Å²) in [6.45, 7) is 1.65. The van der Waals surface area contributed by atoms with Crippen molar-refractivity contribution in [1.82, 2.24) is 0 Å². The summed E-state index contributed by atoms with van der Waals surface area (Å²) in [6.07, 6.45) is 0. The minimum Gasteiger partial charge on any atom is -0.871 e. The Hall–Kier alpha value is -3.74. The Bertz CT molecular complexity index is 5020. The zero-order valence-corrected chi connectivity index (χ0v) is 60.6. The third-order valence-corrected chi connectivity index (χ3v) is 17.4. The van der Waals surface area contributed by atoms with Crippen molar-refractivity contribution >= 4 is 139 Å². The van der Waals surface area contributed by atoms with Gasteiger partial charge in [0.2, 0.25) is 0 Å². The summed E-state index contributed by atoms with van der Waals surface area (Å²) in [5.74, 6) is -3.38. The number of azo groups is 3. The minimum atomic E-state index is -5.60. The average Bonchev–Trinajstić information content (AvgIpc) is 0.825. The molecule has 0 aliphatic rings. The second kappa shape index (κ2) is 29.3. The first-order valence-corrected chi connectivity index (χ1v) is 31.0. The third kappa shape index (κ3) is 17.1. The van der Waals surface area contributed by atoms with Crippen LogP contribution in [-0.2, 0) is 60.7 Å². The maximum absolute atomic E-state index is 14.4. The Labute approximate surface area is 606 Å². The molecule has 0 saturated carbocycles. The van der Waals surface area contributed by atoms with Gasteiger partial charge in [-0.05, 0) is 108 Å². The monoisotopic (exact) mass is 1340 g/mol. The molecule has 422 valence electrons. The molecule has 0 spiro atoms. The van der Waals surface area contributed by atoms with E-state index in [4.69, 9.17) is 4.18 Å². The van der Waals surface area contributed by atoms with Gasteiger partial charge in [-0.3, -0.25) is 9.11 Å². The second-order valence-electron chi connectivity index (χ2n) is 17.2. The summed E-state index contributed by atoms with van der Waals surface area (Å²) in [5.41, 5.74) is -3.49. The molecule has 38 heteroatoms. The van der Waals surface area contributed by atoms with Crippen molar-refractivity contribution in [2.75, 3.05) is 5.32 Å². The van der Waals surface area contributed by atoms with Gasteiger partial charge in [-0.25, -0.2) is 25.3 Å². The molecule has 0 bridgehead atoms. The number of rotatable bonds is 16. The van der Waals surface area contributed by atoms with Crippen LogP contribution in [-0.4, -0.2) is 73.3 Å². The number of benzene rings is 9. The van der Waals surface area contributed by atoms with Gasteiger partial charge in [0.25, 0.3) is 20.2 Å². The van der Waals surface area contributed by atoms with Gasteiger partial charge < -0.3 is 33.4 Å². The zero-order chi connectivity index (χ0) is 59.5. The second-order valence-corrected chi connectivity index (χ2v) is 25.6. The van der Waals surface area contributed by atoms with Gasteiger partial charge in [0.15, 0.2) is 5.75 Å². The standard InChI is InChI=1S/C49H35N7O20S6.5Na/c1-26-11-14-30(15-12-26)82(74,75)76-40-24-31(77(59,60)61)23-36-33(40)17-20-39(49(36)81(71,72)73)53-54-44-35-25-43(80(68,69)70)46(48(58)34(35)18-19-38(44)50-28-7-3-2-4-8-28)55-51-29-13-16-32-27(21-29)22-42(79(65,66)67)45(47(32)57)56-52-37-9-5-6-10-41(37)78(62,63)64;;;;;/h2-25,50,57-58H,1H3,(H,59,60,61)(H,62,63,64)(H,65,66,67)(H,68,69,70)(H,71,72,73);;;;;/q;5*+1/p-5. The molecule has 3 N–H and O–H groups in total. The van der Waals surface area contributed by atoms with Crippen LogP contribution in [0, 0.1) is 6.92 Å². The molecular formula is C49H30N7Na5O20S6. The fraction of sp³-hybridized carbons (Fsp3) is 0.0204. The molecule has 9 rings (SSSR count). The van der Waals surface area contributed by atoms with Gasteiger partial charge in [0.05, 0.1) is 37.4 Å². The van der Waals surface area contributed by atoms with Crippen LogP contribution in [0.25, 0.3) is 32.3 Å². The number of nitrogens with zero attached hydrogens (tertiary/aromatic N) is 6. The van der Waals surface area contributed by atoms with Gasteiger partial charge >= 0.3 is 158 Å². The Morgan fingerprint density at radius 3 is 1.60 bits per heavy atom. The van der Waals surface area contributed by atoms with Crippen molar-refractivity contribution in [3.63, 3.8) is 0 Å². The summed E-state index contributed by atoms with van der Waals surface area (Å²) in [7, 11) is -32.2. The SMILES string of the molecule is Cc1ccc(S(=O)(=O)Oc2cc(S(=O)(=O)[O-])cc3c(S(=O)(=O)O)c(N=Nc4c(Nc5ccccc5)ccc5c([O-])c(N=Nc6ccc7c([O-])c(N=Nc8ccccc8S(=O)(=O)[O-])c(S(=O)(=O)[O-])cc7c6)c(S(=O)(=O)O)cc45)ccc23)cc1.[Na+].[Na+].[Na+].[Na+].[Na+]. The van der Waals surface area contributed by atoms with E-state index in [1.54, 1.807) is 37.3 Å². The quantitative estimate of drug-likeness (QED) is 0.0350. The van der Waals surface area contributed by atoms with Gasteiger partial charge in [-0.1, -0.05) is 71.7 Å². The minimum absolute atomic E-state index is 0. The predicted molar refractivity (Wildman–Crippen MR) is 282 cm³/mol. The smallest absolute Gasteiger partial charge is 0.871 e. The first kappa shape index (κ1) is 75.7. The third-order valence-electron chi connectivity index (χ3n) is 11.8. The van der Waals surface area contributed by atoms with E-state index in [2.05, 4.69) is 36.0 Å². The molecule has 0 aliphatic heterocycles. The van der Waals surface area contributed by atoms with Crippen LogP contribution in [0.4, 0.5) is 45.5 Å². The molecule has 9 aromatic carbocycles. The number of anilines is 2. The Morgan fingerprint density at radius 1 is 0.437 bits per heavy atom. The normalized spacial score (nSPS) is 12.3. The van der Waals surface area contributed by atoms with Crippen LogP contribution >= 0.6 is 0 Å². The van der Waals surface area contributed by atoms with E-state index in [9.17, 15) is 83.5 Å². The van der Waals surface area contributed by atoms with Crippen LogP contribution in [0.5, 0.6) is 17.2 Å². The predicted octanol–water partition coefficient (Wildman–Crippen LogP) is -6.41. The molecule has 0 radical (unpaired) electrons. The van der Waals surface area contributed by atoms with Crippen LogP contribution in [0.3, 0.4) is 0 Å². The Kier molecular flexibility index (Phi) is 25.5. The molecule has 0 unspecified atom stereocenters. The van der Waals surface area contributed by atoms with E-state index in [0.29, 0.717) is 35.5 Å². The van der Waals surface area contributed by atoms with Crippen LogP contribution in [0.2, 0.25) is 0 Å². The van der Waals surface area contributed by atoms with Crippen molar-refractivity contribution < 1.29 is 235 Å². The molecule has 0 amide bonds. The van der Waals surface area contributed by atoms with Gasteiger partial charge in [-0.2, -0.15) is 30.4 Å². The number of aryl methyl sites for hydroxylation is 1. The average molecular weight is 1340 g/mol. The summed E-state index contributed by atoms with van der Waals surface area (Å²) in [4.78, 5) is -6.27. The van der Waals surface area contributed by atoms with Crippen molar-refractivity contribution in [2.45, 2.75) is 36.3 Å². The first-order valence-electron chi connectivity index (χ1n) is 22.5. The fourth-order valence-corrected chi connectivity index (χ4v) is 12.2. The number of hydrogen-bond acceptors (Lipinski definition) is 25. The number of fused-ring (bicyclic) bond motifs is 3. The maximum Gasteiger partial charge on any atom is 1.00 e. The molecule has 0 aliphatic carbocycles. The summed E-state index contributed by atoms with van der Waals surface area (Å²) >= 11 is 0. The molecule has 27 nitrogen and oxygen atoms in total. The van der Waals surface area contributed by atoms with Crippen molar-refractivity contribution in [1.29, 1.82) is 0 Å². The van der Waals surface area contributed by atoms with E-state index >= 15 is 0 Å². The summed E-state index contributed by atoms with van der Waals surface area (Å²) in [5, 5.41) is 51.0. The number of nitrogens with one attached hydrogen (secondary N) is 1. The van der Waals surface area contributed by atoms with Crippen LogP contribution in [0.1, 0.15) is 5.56 Å². The Morgan fingerprint density at radius 2 is 0.989 bits per heavy atom. The molecule has 0 aromatic heterocycles. The van der Waals surface area contributed by atoms with E-state index in [0.717, 1.165) is 60.7 Å². The molecule has 0 fully saturated rings. The van der Waals surface area contributed by atoms with Crippen molar-refractivity contribution in [2.24, 2.45) is 30.7 Å². The van der Waals surface area contributed by atoms with E-state index in [1.165, 1.54) is 30.3 Å². The summed E-state index contributed by atoms with van der Waals surface area (Å²) < 4.78 is 216. The largest absolute Gasteiger partial charge is 1.00 e. The molecular weight excluding hydrogens is 1310 g/mol. The van der Waals surface area contributed by atoms with E-state index in [-0.39, 0.29) is 170 Å². The molecule has 0 saturated heterocycles. The van der Waals surface area contributed by atoms with Crippen molar-refractivity contribution in [3.8, 4) is 17.2 Å². The summed E-state index contributed by atoms with van der Waals surface area (Å²) in [6, 6.07) is 27.1. The zero-order valence-electron chi connectivity index (χ0n) is 45.7. The Balaban J connectivity index is 0.00000324. The molecule has 0 heterocycles. The van der Waals surface area contributed by atoms with Gasteiger partial charge in [0.1, 0.15) is 62.1 Å². The molecule has 87 heavy (non-hydrogen) atoms. The maximum atomic E-state index is 14.4. The molecule has 9 aromatic rings. The van der Waals surface area contributed by atoms with Gasteiger partial charge in [-0.15, -0.1) is 25.6 Å². The van der Waals surface area contributed by atoms with Crippen LogP contribution < -0.4 is 167 Å².